The first-order valence-electron chi connectivity index (χ1n) is 24.6. The fourth-order valence-corrected chi connectivity index (χ4v) is 8.73. The molecule has 3 aliphatic rings. The van der Waals surface area contributed by atoms with Crippen molar-refractivity contribution < 1.29 is 46.6 Å². The molecule has 4 aromatic rings. The van der Waals surface area contributed by atoms with E-state index in [4.69, 9.17) is 24.4 Å². The minimum absolute atomic E-state index is 0.0419. The number of rotatable bonds is 25. The molecule has 0 saturated heterocycles. The van der Waals surface area contributed by atoms with Crippen molar-refractivity contribution in [2.75, 3.05) is 70.3 Å². The van der Waals surface area contributed by atoms with Crippen LogP contribution in [0.5, 0.6) is 5.75 Å². The molecule has 0 spiro atoms. The number of halogens is 2. The molecule has 1 aliphatic heterocycles. The molecule has 21 heteroatoms. The van der Waals surface area contributed by atoms with Crippen molar-refractivity contribution in [1.29, 1.82) is 0 Å². The van der Waals surface area contributed by atoms with Gasteiger partial charge in [0.1, 0.15) is 36.5 Å². The highest BCUT2D eigenvalue weighted by molar-refractivity contribution is 6.03. The van der Waals surface area contributed by atoms with Crippen molar-refractivity contribution in [2.24, 2.45) is 23.0 Å². The average Bonchev–Trinajstić information content (AvgIpc) is 3.87. The number of oxazole rings is 1. The molecule has 71 heavy (non-hydrogen) atoms. The van der Waals surface area contributed by atoms with Crippen LogP contribution in [0.2, 0.25) is 0 Å². The lowest BCUT2D eigenvalue weighted by Crippen LogP contribution is -2.61. The van der Waals surface area contributed by atoms with Crippen molar-refractivity contribution in [1.82, 2.24) is 40.6 Å². The predicted octanol–water partition coefficient (Wildman–Crippen LogP) is 5.26. The zero-order chi connectivity index (χ0) is 50.7. The van der Waals surface area contributed by atoms with Crippen molar-refractivity contribution >= 4 is 35.1 Å². The molecule has 0 bridgehead atoms. The fourth-order valence-electron chi connectivity index (χ4n) is 8.73. The summed E-state index contributed by atoms with van der Waals surface area (Å²) in [5, 5.41) is 19.3. The van der Waals surface area contributed by atoms with E-state index in [9.17, 15) is 28.0 Å². The Bertz CT molecular complexity index is 2430. The van der Waals surface area contributed by atoms with Gasteiger partial charge in [0.15, 0.2) is 11.4 Å². The summed E-state index contributed by atoms with van der Waals surface area (Å²) in [5.74, 6) is 0.590. The predicted molar refractivity (Wildman–Crippen MR) is 261 cm³/mol. The number of nitrogens with two attached hydrogens (primary N) is 1. The maximum atomic E-state index is 14.1. The summed E-state index contributed by atoms with van der Waals surface area (Å²) in [6.45, 7) is 11.7. The number of amides is 4. The minimum atomic E-state index is -2.88. The Hall–Kier alpha value is -6.03. The van der Waals surface area contributed by atoms with Gasteiger partial charge in [-0.1, -0.05) is 26.8 Å². The van der Waals surface area contributed by atoms with E-state index < -0.39 is 47.5 Å². The van der Waals surface area contributed by atoms with E-state index in [1.807, 2.05) is 39.0 Å². The van der Waals surface area contributed by atoms with Gasteiger partial charge in [0, 0.05) is 44.0 Å². The molecule has 386 valence electrons. The number of hydrogen-bond donors (Lipinski definition) is 6. The molecule has 3 aromatic heterocycles. The maximum absolute atomic E-state index is 14.1. The molecular formula is C50H69F2N11O8. The Morgan fingerprint density at radius 1 is 0.930 bits per heavy atom. The lowest BCUT2D eigenvalue weighted by molar-refractivity contribution is -0.146. The minimum Gasteiger partial charge on any atom is -0.491 e. The Morgan fingerprint density at radius 3 is 2.35 bits per heavy atom. The fraction of sp³-hybridized carbons (Fsp3) is 0.580. The van der Waals surface area contributed by atoms with Gasteiger partial charge in [-0.3, -0.25) is 23.9 Å². The molecule has 2 fully saturated rings. The summed E-state index contributed by atoms with van der Waals surface area (Å²) in [6, 6.07) is 6.75. The van der Waals surface area contributed by atoms with E-state index in [1.54, 1.807) is 37.0 Å². The van der Waals surface area contributed by atoms with Crippen molar-refractivity contribution in [3.63, 3.8) is 0 Å². The van der Waals surface area contributed by atoms with Crippen LogP contribution in [-0.2, 0) is 36.8 Å². The summed E-state index contributed by atoms with van der Waals surface area (Å²) >= 11 is 0. The third-order valence-corrected chi connectivity index (χ3v) is 13.3. The normalized spacial score (nSPS) is 18.9. The van der Waals surface area contributed by atoms with Crippen LogP contribution >= 0.6 is 0 Å². The van der Waals surface area contributed by atoms with E-state index in [1.165, 1.54) is 30.2 Å². The van der Waals surface area contributed by atoms with E-state index in [0.717, 1.165) is 49.9 Å². The SMILES string of the molecule is CN[C@@H](C)C(=O)N[C@H](C(=O)N1Cc2cc(OCCOCCOCCNCC3CCC(n4cc(NC(=O)c5coc(-c6ccnc(NCC7CC7)c6)n5)c(C(F)F)n4)CC3)ccc2C[C@H]1C(N)=O)C(C)(C)C. The molecule has 1 aromatic carbocycles. The van der Waals surface area contributed by atoms with Gasteiger partial charge in [-0.05, 0) is 112 Å². The number of likely N-dealkylation sites (N-methyl/N-ethyl adjacent to an activating group) is 1. The summed E-state index contributed by atoms with van der Waals surface area (Å²) in [7, 11) is 1.67. The number of carbonyl (C=O) groups is 4. The number of nitrogens with zero attached hydrogens (tertiary/aromatic N) is 5. The molecule has 19 nitrogen and oxygen atoms in total. The number of benzene rings is 1. The van der Waals surface area contributed by atoms with Gasteiger partial charge in [-0.15, -0.1) is 0 Å². The first-order valence-corrected chi connectivity index (χ1v) is 24.6. The second-order valence-corrected chi connectivity index (χ2v) is 19.7. The van der Waals surface area contributed by atoms with Gasteiger partial charge in [0.05, 0.1) is 44.2 Å². The number of hydrogen-bond acceptors (Lipinski definition) is 14. The number of ether oxygens (including phenoxy) is 3. The largest absolute Gasteiger partial charge is 0.491 e. The number of alkyl halides is 2. The van der Waals surface area contributed by atoms with Crippen LogP contribution < -0.4 is 37.1 Å². The van der Waals surface area contributed by atoms with Crippen LogP contribution in [0.4, 0.5) is 20.3 Å². The van der Waals surface area contributed by atoms with Gasteiger partial charge < -0.3 is 55.8 Å². The number of aromatic nitrogens is 4. The number of nitrogens with one attached hydrogen (secondary N) is 5. The van der Waals surface area contributed by atoms with Crippen LogP contribution in [0.3, 0.4) is 0 Å². The Morgan fingerprint density at radius 2 is 1.65 bits per heavy atom. The van der Waals surface area contributed by atoms with E-state index in [0.29, 0.717) is 68.5 Å². The van der Waals surface area contributed by atoms with Crippen LogP contribution in [0.1, 0.15) is 106 Å². The highest BCUT2D eigenvalue weighted by Gasteiger charge is 2.42. The summed E-state index contributed by atoms with van der Waals surface area (Å²) < 4.78 is 52.8. The van der Waals surface area contributed by atoms with Crippen molar-refractivity contribution in [3.05, 3.63) is 71.5 Å². The Kier molecular flexibility index (Phi) is 18.1. The number of anilines is 2. The first-order chi connectivity index (χ1) is 34.1. The van der Waals surface area contributed by atoms with Crippen molar-refractivity contribution in [3.8, 4) is 17.2 Å². The second kappa shape index (κ2) is 24.4. The van der Waals surface area contributed by atoms with Crippen LogP contribution in [0.25, 0.3) is 11.5 Å². The third kappa shape index (κ3) is 14.5. The second-order valence-electron chi connectivity index (χ2n) is 19.7. The third-order valence-electron chi connectivity index (χ3n) is 13.3. The summed E-state index contributed by atoms with van der Waals surface area (Å²) in [5.41, 5.74) is 6.93. The molecular weight excluding hydrogens is 921 g/mol. The summed E-state index contributed by atoms with van der Waals surface area (Å²) in [4.78, 5) is 62.6. The highest BCUT2D eigenvalue weighted by Crippen LogP contribution is 2.36. The standard InChI is InChI=1S/C50H69F2N11O8/c1-30(54-5)46(65)60-43(50(2,3)4)49(67)62-27-35-22-37(13-10-33(35)23-40(62)45(53)64)70-21-20-69-19-18-68-17-16-55-25-31-8-11-36(12-9-31)63-28-38(42(61-63)44(51)52)58-47(66)39-29-71-48(59-39)34-14-15-56-41(24-34)57-26-32-6-7-32/h10,13-15,22,24,28-32,36,40,43-44,54-55H,6-9,11-12,16-21,23,25-27H2,1-5H3,(H2,53,64)(H,56,57)(H,58,66)(H,60,65)/t30-,31?,36?,40-,43+/m0/s1. The zero-order valence-electron chi connectivity index (χ0n) is 41.3. The number of carbonyl (C=O) groups excluding carboxylic acids is 4. The summed E-state index contributed by atoms with van der Waals surface area (Å²) in [6.07, 6.45) is 7.41. The number of primary amides is 1. The molecule has 2 saturated carbocycles. The Labute approximate surface area is 413 Å². The topological polar surface area (TPSA) is 242 Å². The monoisotopic (exact) mass is 990 g/mol. The molecule has 3 atom stereocenters. The van der Waals surface area contributed by atoms with E-state index >= 15 is 0 Å². The molecule has 4 heterocycles. The van der Waals surface area contributed by atoms with Gasteiger partial charge in [0.25, 0.3) is 12.3 Å². The van der Waals surface area contributed by atoms with Crippen LogP contribution in [0, 0.1) is 17.3 Å². The van der Waals surface area contributed by atoms with Gasteiger partial charge in [0.2, 0.25) is 23.6 Å². The smallest absolute Gasteiger partial charge is 0.284 e. The van der Waals surface area contributed by atoms with Gasteiger partial charge in [-0.25, -0.2) is 18.7 Å². The zero-order valence-corrected chi connectivity index (χ0v) is 41.3. The van der Waals surface area contributed by atoms with Crippen LogP contribution in [-0.4, -0.2) is 126 Å². The number of fused-ring (bicyclic) bond motifs is 1. The van der Waals surface area contributed by atoms with Gasteiger partial charge >= 0.3 is 0 Å². The Balaban J connectivity index is 0.765. The first kappa shape index (κ1) is 52.8. The lowest BCUT2D eigenvalue weighted by atomic mass is 9.84. The highest BCUT2D eigenvalue weighted by atomic mass is 19.3. The molecule has 2 aliphatic carbocycles. The quantitative estimate of drug-likeness (QED) is 0.0465. The lowest BCUT2D eigenvalue weighted by Gasteiger charge is -2.40. The number of pyridine rings is 1. The molecule has 7 rings (SSSR count). The average molecular weight is 990 g/mol. The van der Waals surface area contributed by atoms with E-state index in [-0.39, 0.29) is 48.1 Å². The molecule has 7 N–H and O–H groups in total. The molecule has 0 radical (unpaired) electrons. The molecule has 4 amide bonds. The van der Waals surface area contributed by atoms with Crippen LogP contribution in [0.15, 0.2) is 53.4 Å². The van der Waals surface area contributed by atoms with Gasteiger partial charge in [-0.2, -0.15) is 5.10 Å². The molecule has 0 unspecified atom stereocenters. The van der Waals surface area contributed by atoms with E-state index in [2.05, 4.69) is 41.7 Å². The maximum Gasteiger partial charge on any atom is 0.284 e. The van der Waals surface area contributed by atoms with Crippen molar-refractivity contribution in [2.45, 2.75) is 110 Å².